The molecule has 0 saturated heterocycles. The molecular formula is C18H22N4O2. The number of aromatic nitrogens is 2. The van der Waals surface area contributed by atoms with E-state index in [1.807, 2.05) is 49.0 Å². The number of anilines is 1. The molecule has 1 aromatic heterocycles. The van der Waals surface area contributed by atoms with E-state index >= 15 is 0 Å². The van der Waals surface area contributed by atoms with Crippen LogP contribution in [0.4, 0.5) is 5.69 Å². The summed E-state index contributed by atoms with van der Waals surface area (Å²) in [4.78, 5) is 17.8. The average molecular weight is 326 g/mol. The molecule has 0 aliphatic carbocycles. The first-order valence-corrected chi connectivity index (χ1v) is 8.28. The van der Waals surface area contributed by atoms with Gasteiger partial charge in [-0.1, -0.05) is 30.3 Å². The van der Waals surface area contributed by atoms with Crippen LogP contribution in [-0.2, 0) is 22.6 Å². The quantitative estimate of drug-likeness (QED) is 0.918. The van der Waals surface area contributed by atoms with Gasteiger partial charge in [0.15, 0.2) is 0 Å². The van der Waals surface area contributed by atoms with E-state index in [2.05, 4.69) is 22.5 Å². The second-order valence-electron chi connectivity index (χ2n) is 5.82. The molecule has 0 saturated carbocycles. The Balaban J connectivity index is 1.68. The van der Waals surface area contributed by atoms with Gasteiger partial charge in [0.1, 0.15) is 0 Å². The first-order chi connectivity index (χ1) is 11.6. The third kappa shape index (κ3) is 3.18. The van der Waals surface area contributed by atoms with E-state index < -0.39 is 6.10 Å². The van der Waals surface area contributed by atoms with E-state index in [1.165, 1.54) is 0 Å². The lowest BCUT2D eigenvalue weighted by Gasteiger charge is -2.12. The molecule has 1 aromatic carbocycles. The van der Waals surface area contributed by atoms with E-state index in [0.717, 1.165) is 41.2 Å². The zero-order valence-corrected chi connectivity index (χ0v) is 14.2. The number of benzene rings is 1. The first kappa shape index (κ1) is 16.2. The highest BCUT2D eigenvalue weighted by atomic mass is 16.6. The second kappa shape index (κ2) is 6.86. The van der Waals surface area contributed by atoms with Gasteiger partial charge < -0.3 is 10.2 Å². The normalized spacial score (nSPS) is 16.6. The Kier molecular flexibility index (Phi) is 4.64. The number of carbonyl (C=O) groups is 1. The lowest BCUT2D eigenvalue weighted by Crippen LogP contribution is -2.28. The van der Waals surface area contributed by atoms with E-state index in [9.17, 15) is 4.79 Å². The molecular weight excluding hydrogens is 304 g/mol. The zero-order valence-electron chi connectivity index (χ0n) is 14.2. The molecule has 3 rings (SSSR count). The fourth-order valence-corrected chi connectivity index (χ4v) is 2.80. The highest BCUT2D eigenvalue weighted by molar-refractivity contribution is 6.06. The number of hydrogen-bond donors (Lipinski definition) is 1. The van der Waals surface area contributed by atoms with Crippen molar-refractivity contribution in [3.8, 4) is 0 Å². The maximum atomic E-state index is 12.5. The number of nitrogens with zero attached hydrogens (tertiary/aromatic N) is 3. The number of aryl methyl sites for hydroxylation is 3. The predicted molar refractivity (Wildman–Crippen MR) is 93.1 cm³/mol. The number of oxime groups is 1. The standard InChI is InChI=1S/C18H22N4O2/c1-4-13-8-6-7-9-15(13)19-18(23)17-10-16(21-24-17)14-11-22(5-2)20-12(14)3/h6-9,11,17H,4-5,10H2,1-3H3,(H,19,23). The van der Waals surface area contributed by atoms with E-state index in [-0.39, 0.29) is 5.91 Å². The van der Waals surface area contributed by atoms with E-state index in [4.69, 9.17) is 4.84 Å². The fourth-order valence-electron chi connectivity index (χ4n) is 2.80. The summed E-state index contributed by atoms with van der Waals surface area (Å²) in [5.41, 5.74) is 4.55. The van der Waals surface area contributed by atoms with Gasteiger partial charge in [-0.15, -0.1) is 0 Å². The first-order valence-electron chi connectivity index (χ1n) is 8.28. The molecule has 0 radical (unpaired) electrons. The Morgan fingerprint density at radius 1 is 1.38 bits per heavy atom. The van der Waals surface area contributed by atoms with Crippen LogP contribution >= 0.6 is 0 Å². The van der Waals surface area contributed by atoms with Crippen LogP contribution in [0.3, 0.4) is 0 Å². The van der Waals surface area contributed by atoms with Gasteiger partial charge in [-0.3, -0.25) is 9.48 Å². The Labute approximate surface area is 141 Å². The van der Waals surface area contributed by atoms with Crippen molar-refractivity contribution in [1.82, 2.24) is 9.78 Å². The molecule has 1 unspecified atom stereocenters. The number of hydrogen-bond acceptors (Lipinski definition) is 4. The topological polar surface area (TPSA) is 68.5 Å². The third-order valence-electron chi connectivity index (χ3n) is 4.20. The molecule has 0 spiro atoms. The summed E-state index contributed by atoms with van der Waals surface area (Å²) in [5.74, 6) is -0.171. The monoisotopic (exact) mass is 326 g/mol. The highest BCUT2D eigenvalue weighted by Gasteiger charge is 2.30. The molecule has 0 fully saturated rings. The van der Waals surface area contributed by atoms with E-state index in [0.29, 0.717) is 6.42 Å². The summed E-state index contributed by atoms with van der Waals surface area (Å²) >= 11 is 0. The average Bonchev–Trinajstić information content (AvgIpc) is 3.21. The number of amides is 1. The van der Waals surface area contributed by atoms with Crippen LogP contribution < -0.4 is 5.32 Å². The number of rotatable bonds is 5. The second-order valence-corrected chi connectivity index (χ2v) is 5.82. The van der Waals surface area contributed by atoms with Gasteiger partial charge in [-0.05, 0) is 31.9 Å². The van der Waals surface area contributed by atoms with Crippen LogP contribution in [0.1, 0.15) is 37.1 Å². The van der Waals surface area contributed by atoms with Crippen molar-refractivity contribution in [3.05, 3.63) is 47.3 Å². The van der Waals surface area contributed by atoms with Crippen LogP contribution in [0.25, 0.3) is 0 Å². The Morgan fingerprint density at radius 3 is 2.88 bits per heavy atom. The molecule has 126 valence electrons. The Bertz CT molecular complexity index is 779. The summed E-state index contributed by atoms with van der Waals surface area (Å²) in [7, 11) is 0. The molecule has 1 amide bonds. The van der Waals surface area contributed by atoms with Crippen molar-refractivity contribution in [2.75, 3.05) is 5.32 Å². The molecule has 2 heterocycles. The summed E-state index contributed by atoms with van der Waals surface area (Å²) in [6.45, 7) is 6.83. The summed E-state index contributed by atoms with van der Waals surface area (Å²) in [6, 6.07) is 7.79. The largest absolute Gasteiger partial charge is 0.382 e. The van der Waals surface area contributed by atoms with Crippen LogP contribution in [-0.4, -0.2) is 27.5 Å². The molecule has 1 N–H and O–H groups in total. The summed E-state index contributed by atoms with van der Waals surface area (Å²) in [5, 5.41) is 11.5. The Morgan fingerprint density at radius 2 is 2.17 bits per heavy atom. The van der Waals surface area contributed by atoms with Gasteiger partial charge in [0, 0.05) is 30.4 Å². The van der Waals surface area contributed by atoms with Gasteiger partial charge in [-0.2, -0.15) is 5.10 Å². The van der Waals surface area contributed by atoms with Crippen LogP contribution in [0.15, 0.2) is 35.6 Å². The SMILES string of the molecule is CCc1ccccc1NC(=O)C1CC(c2cn(CC)nc2C)=NO1. The highest BCUT2D eigenvalue weighted by Crippen LogP contribution is 2.21. The van der Waals surface area contributed by atoms with Gasteiger partial charge in [0.2, 0.25) is 6.10 Å². The maximum absolute atomic E-state index is 12.5. The minimum Gasteiger partial charge on any atom is -0.382 e. The van der Waals surface area contributed by atoms with Crippen molar-refractivity contribution >= 4 is 17.3 Å². The lowest BCUT2D eigenvalue weighted by molar-refractivity contribution is -0.125. The summed E-state index contributed by atoms with van der Waals surface area (Å²) in [6.07, 6.45) is 2.66. The molecule has 6 nitrogen and oxygen atoms in total. The van der Waals surface area contributed by atoms with Crippen molar-refractivity contribution in [2.45, 2.75) is 46.3 Å². The van der Waals surface area contributed by atoms with Crippen molar-refractivity contribution in [1.29, 1.82) is 0 Å². The third-order valence-corrected chi connectivity index (χ3v) is 4.20. The molecule has 6 heteroatoms. The van der Waals surface area contributed by atoms with Crippen molar-refractivity contribution in [3.63, 3.8) is 0 Å². The van der Waals surface area contributed by atoms with Crippen molar-refractivity contribution in [2.24, 2.45) is 5.16 Å². The van der Waals surface area contributed by atoms with Gasteiger partial charge in [0.05, 0.1) is 11.4 Å². The molecule has 24 heavy (non-hydrogen) atoms. The smallest absolute Gasteiger partial charge is 0.268 e. The van der Waals surface area contributed by atoms with Gasteiger partial charge in [0.25, 0.3) is 5.91 Å². The molecule has 1 aliphatic heterocycles. The summed E-state index contributed by atoms with van der Waals surface area (Å²) < 4.78 is 1.86. The van der Waals surface area contributed by atoms with Crippen molar-refractivity contribution < 1.29 is 9.63 Å². The fraction of sp³-hybridized carbons (Fsp3) is 0.389. The minimum absolute atomic E-state index is 0.171. The zero-order chi connectivity index (χ0) is 17.1. The van der Waals surface area contributed by atoms with Crippen LogP contribution in [0, 0.1) is 6.92 Å². The molecule has 1 atom stereocenters. The van der Waals surface area contributed by atoms with Crippen LogP contribution in [0.5, 0.6) is 0 Å². The van der Waals surface area contributed by atoms with Gasteiger partial charge >= 0.3 is 0 Å². The predicted octanol–water partition coefficient (Wildman–Crippen LogP) is 2.91. The Hall–Kier alpha value is -2.63. The maximum Gasteiger partial charge on any atom is 0.268 e. The molecule has 1 aliphatic rings. The number of nitrogens with one attached hydrogen (secondary N) is 1. The molecule has 2 aromatic rings. The minimum atomic E-state index is -0.603. The lowest BCUT2D eigenvalue weighted by atomic mass is 10.1. The number of para-hydroxylation sites is 1. The van der Waals surface area contributed by atoms with Crippen LogP contribution in [0.2, 0.25) is 0 Å². The molecule has 0 bridgehead atoms. The van der Waals surface area contributed by atoms with Gasteiger partial charge in [-0.25, -0.2) is 0 Å². The van der Waals surface area contributed by atoms with E-state index in [1.54, 1.807) is 0 Å². The number of carbonyl (C=O) groups excluding carboxylic acids is 1.